The number of hydrogen-bond acceptors (Lipinski definition) is 7. The fraction of sp³-hybridized carbons (Fsp3) is 0.0800. The molecule has 0 atom stereocenters. The largest absolute Gasteiger partial charge is 0.481 e. The summed E-state index contributed by atoms with van der Waals surface area (Å²) in [5.41, 5.74) is 0.966. The van der Waals surface area contributed by atoms with Gasteiger partial charge >= 0.3 is 0 Å². The van der Waals surface area contributed by atoms with Crippen molar-refractivity contribution in [1.29, 1.82) is 0 Å². The minimum Gasteiger partial charge on any atom is -0.481 e. The maximum Gasteiger partial charge on any atom is 0.267 e. The van der Waals surface area contributed by atoms with Gasteiger partial charge in [-0.05, 0) is 35.4 Å². The number of ketones is 1. The van der Waals surface area contributed by atoms with Crippen LogP contribution in [0.5, 0.6) is 5.75 Å². The number of carbonyl (C=O) groups is 1. The molecule has 0 fully saturated rings. The topological polar surface area (TPSA) is 102 Å². The van der Waals surface area contributed by atoms with E-state index in [0.29, 0.717) is 12.2 Å². The molecule has 0 saturated heterocycles. The predicted molar refractivity (Wildman–Crippen MR) is 116 cm³/mol. The number of benzene rings is 2. The van der Waals surface area contributed by atoms with Crippen LogP contribution >= 0.6 is 0 Å². The number of nitrogens with zero attached hydrogens (tertiary/aromatic N) is 1. The summed E-state index contributed by atoms with van der Waals surface area (Å²) in [5.74, 6) is -1.46. The second kappa shape index (κ2) is 9.78. The first kappa shape index (κ1) is 21.8. The zero-order valence-corrected chi connectivity index (χ0v) is 17.2. The summed E-state index contributed by atoms with van der Waals surface area (Å²) in [4.78, 5) is 25.8. The molecule has 0 radical (unpaired) electrons. The van der Waals surface area contributed by atoms with Gasteiger partial charge in [-0.25, -0.2) is 4.39 Å². The van der Waals surface area contributed by atoms with Gasteiger partial charge in [0, 0.05) is 12.5 Å². The van der Waals surface area contributed by atoms with E-state index in [0.717, 1.165) is 23.4 Å². The van der Waals surface area contributed by atoms with Gasteiger partial charge in [0.2, 0.25) is 16.9 Å². The molecule has 1 N–H and O–H groups in total. The van der Waals surface area contributed by atoms with Crippen LogP contribution in [0.2, 0.25) is 0 Å². The van der Waals surface area contributed by atoms with Crippen molar-refractivity contribution in [2.45, 2.75) is 13.0 Å². The number of carbonyl (C=O) groups excluding carboxylic acids is 1. The third-order valence-corrected chi connectivity index (χ3v) is 4.72. The summed E-state index contributed by atoms with van der Waals surface area (Å²) in [6, 6.07) is 19.1. The average Bonchev–Trinajstić information content (AvgIpc) is 3.28. The summed E-state index contributed by atoms with van der Waals surface area (Å²) >= 11 is 0. The molecule has 2 aromatic carbocycles. The smallest absolute Gasteiger partial charge is 0.267 e. The minimum atomic E-state index is -0.714. The molecule has 4 rings (SSSR count). The molecule has 0 saturated carbocycles. The van der Waals surface area contributed by atoms with Gasteiger partial charge < -0.3 is 18.8 Å². The number of furan rings is 1. The predicted octanol–water partition coefficient (Wildman–Crippen LogP) is 4.58. The summed E-state index contributed by atoms with van der Waals surface area (Å²) in [6.07, 6.45) is 1.23. The van der Waals surface area contributed by atoms with Crippen molar-refractivity contribution in [2.24, 2.45) is 5.16 Å². The van der Waals surface area contributed by atoms with Crippen LogP contribution in [-0.2, 0) is 13.0 Å². The van der Waals surface area contributed by atoms with Crippen LogP contribution in [0.3, 0.4) is 0 Å². The van der Waals surface area contributed by atoms with Crippen LogP contribution in [-0.4, -0.2) is 17.2 Å². The van der Waals surface area contributed by atoms with Crippen molar-refractivity contribution in [3.05, 3.63) is 123 Å². The third-order valence-electron chi connectivity index (χ3n) is 4.72. The zero-order chi connectivity index (χ0) is 23.2. The number of ether oxygens (including phenoxy) is 1. The molecule has 8 heteroatoms. The molecule has 33 heavy (non-hydrogen) atoms. The van der Waals surface area contributed by atoms with Crippen LogP contribution in [0.25, 0.3) is 0 Å². The van der Waals surface area contributed by atoms with Crippen LogP contribution in [0, 0.1) is 5.82 Å². The van der Waals surface area contributed by atoms with Crippen molar-refractivity contribution in [1.82, 2.24) is 0 Å². The molecule has 0 amide bonds. The Hall–Kier alpha value is -4.46. The number of rotatable bonds is 8. The van der Waals surface area contributed by atoms with Gasteiger partial charge in [0.25, 0.3) is 5.78 Å². The highest BCUT2D eigenvalue weighted by molar-refractivity contribution is 6.07. The Balaban J connectivity index is 1.63. The second-order valence-corrected chi connectivity index (χ2v) is 7.09. The molecule has 4 aromatic rings. The van der Waals surface area contributed by atoms with E-state index in [4.69, 9.17) is 18.8 Å². The van der Waals surface area contributed by atoms with Crippen LogP contribution in [0.4, 0.5) is 4.39 Å². The third kappa shape index (κ3) is 5.24. The standard InChI is InChI=1S/C25H18FNO6/c26-18-8-6-16(7-9-18)12-19-10-11-22(32-19)23(29)25-24(21(28)13-20(33-25)14-27-30)31-15-17-4-2-1-3-5-17/h1-11,13-14,30H,12,15H2/b27-14+. The lowest BCUT2D eigenvalue weighted by atomic mass is 10.1. The van der Waals surface area contributed by atoms with E-state index in [1.807, 2.05) is 30.3 Å². The van der Waals surface area contributed by atoms with Crippen LogP contribution in [0.1, 0.15) is 39.0 Å². The van der Waals surface area contributed by atoms with E-state index < -0.39 is 11.2 Å². The Morgan fingerprint density at radius 3 is 2.48 bits per heavy atom. The van der Waals surface area contributed by atoms with Crippen molar-refractivity contribution in [2.75, 3.05) is 0 Å². The Morgan fingerprint density at radius 1 is 1.00 bits per heavy atom. The Labute approximate surface area is 187 Å². The van der Waals surface area contributed by atoms with E-state index >= 15 is 0 Å². The first-order valence-electron chi connectivity index (χ1n) is 9.93. The first-order chi connectivity index (χ1) is 16.0. The summed E-state index contributed by atoms with van der Waals surface area (Å²) < 4.78 is 29.9. The molecule has 0 aliphatic rings. The van der Waals surface area contributed by atoms with Gasteiger partial charge in [0.05, 0.1) is 0 Å². The molecule has 0 aliphatic heterocycles. The lowest BCUT2D eigenvalue weighted by molar-refractivity contribution is 0.0970. The summed E-state index contributed by atoms with van der Waals surface area (Å²) in [7, 11) is 0. The Morgan fingerprint density at radius 2 is 1.76 bits per heavy atom. The fourth-order valence-electron chi connectivity index (χ4n) is 3.15. The monoisotopic (exact) mass is 447 g/mol. The lowest BCUT2D eigenvalue weighted by Gasteiger charge is -2.09. The summed E-state index contributed by atoms with van der Waals surface area (Å²) in [6.45, 7) is 0.0350. The van der Waals surface area contributed by atoms with Crippen molar-refractivity contribution >= 4 is 12.0 Å². The Bertz CT molecular complexity index is 1340. The molecule has 2 aromatic heterocycles. The van der Waals surface area contributed by atoms with E-state index in [1.54, 1.807) is 18.2 Å². The van der Waals surface area contributed by atoms with Gasteiger partial charge in [-0.1, -0.05) is 47.6 Å². The lowest BCUT2D eigenvalue weighted by Crippen LogP contribution is -2.15. The van der Waals surface area contributed by atoms with E-state index in [2.05, 4.69) is 5.16 Å². The van der Waals surface area contributed by atoms with Gasteiger partial charge in [0.15, 0.2) is 11.5 Å². The van der Waals surface area contributed by atoms with Gasteiger partial charge in [-0.15, -0.1) is 0 Å². The minimum absolute atomic E-state index is 0.0350. The zero-order valence-electron chi connectivity index (χ0n) is 17.2. The van der Waals surface area contributed by atoms with Gasteiger partial charge in [-0.3, -0.25) is 9.59 Å². The van der Waals surface area contributed by atoms with Crippen LogP contribution in [0.15, 0.2) is 91.6 Å². The highest BCUT2D eigenvalue weighted by Crippen LogP contribution is 2.23. The highest BCUT2D eigenvalue weighted by Gasteiger charge is 2.25. The molecule has 0 bridgehead atoms. The van der Waals surface area contributed by atoms with E-state index in [-0.39, 0.29) is 35.5 Å². The SMILES string of the molecule is O=C(c1ccc(Cc2ccc(F)cc2)o1)c1oc(/C=N/O)cc(=O)c1OCc1ccccc1. The molecule has 0 spiro atoms. The van der Waals surface area contributed by atoms with E-state index in [1.165, 1.54) is 18.2 Å². The molecule has 0 aliphatic carbocycles. The van der Waals surface area contributed by atoms with Crippen molar-refractivity contribution in [3.8, 4) is 5.75 Å². The number of halogens is 1. The molecular weight excluding hydrogens is 429 g/mol. The maximum atomic E-state index is 13.1. The first-order valence-corrected chi connectivity index (χ1v) is 9.93. The Kier molecular flexibility index (Phi) is 6.45. The number of hydrogen-bond donors (Lipinski definition) is 1. The highest BCUT2D eigenvalue weighted by atomic mass is 19.1. The van der Waals surface area contributed by atoms with Gasteiger partial charge in [0.1, 0.15) is 24.4 Å². The second-order valence-electron chi connectivity index (χ2n) is 7.09. The van der Waals surface area contributed by atoms with Crippen molar-refractivity contribution in [3.63, 3.8) is 0 Å². The van der Waals surface area contributed by atoms with E-state index in [9.17, 15) is 14.0 Å². The molecule has 166 valence electrons. The van der Waals surface area contributed by atoms with Crippen LogP contribution < -0.4 is 10.2 Å². The average molecular weight is 447 g/mol. The molecule has 7 nitrogen and oxygen atoms in total. The molecule has 2 heterocycles. The molecular formula is C25H18FNO6. The van der Waals surface area contributed by atoms with Gasteiger partial charge in [-0.2, -0.15) is 0 Å². The number of oxime groups is 1. The maximum absolute atomic E-state index is 13.1. The summed E-state index contributed by atoms with van der Waals surface area (Å²) in [5, 5.41) is 11.6. The quantitative estimate of drug-likeness (QED) is 0.184. The fourth-order valence-corrected chi connectivity index (χ4v) is 3.15. The normalized spacial score (nSPS) is 11.1. The van der Waals surface area contributed by atoms with Crippen molar-refractivity contribution < 1.29 is 28.0 Å². The molecule has 0 unspecified atom stereocenters.